The van der Waals surface area contributed by atoms with Crippen LogP contribution in [0.15, 0.2) is 48.5 Å². The molecule has 1 saturated heterocycles. The molecule has 2 aromatic rings. The Bertz CT molecular complexity index is 859. The van der Waals surface area contributed by atoms with E-state index < -0.39 is 0 Å². The van der Waals surface area contributed by atoms with Gasteiger partial charge in [0.15, 0.2) is 0 Å². The number of likely N-dealkylation sites (tertiary alicyclic amines) is 1. The Morgan fingerprint density at radius 3 is 2.76 bits per heavy atom. The molecule has 0 radical (unpaired) electrons. The van der Waals surface area contributed by atoms with E-state index in [1.165, 1.54) is 0 Å². The molecular weight excluding hydrogens is 364 g/mol. The first-order valence-electron chi connectivity index (χ1n) is 10.5. The van der Waals surface area contributed by atoms with E-state index in [0.29, 0.717) is 12.3 Å². The lowest BCUT2D eigenvalue weighted by Crippen LogP contribution is -2.37. The van der Waals surface area contributed by atoms with E-state index in [1.54, 1.807) is 13.2 Å². The summed E-state index contributed by atoms with van der Waals surface area (Å²) in [6, 6.07) is 15.4. The maximum Gasteiger partial charge on any atom is 0.223 e. The van der Waals surface area contributed by atoms with Crippen LogP contribution in [0.2, 0.25) is 0 Å². The average molecular weight is 395 g/mol. The van der Waals surface area contributed by atoms with Gasteiger partial charge in [-0.3, -0.25) is 9.69 Å². The van der Waals surface area contributed by atoms with Crippen LogP contribution in [0.5, 0.6) is 11.5 Å². The van der Waals surface area contributed by atoms with Crippen LogP contribution >= 0.6 is 0 Å². The number of phenols is 1. The number of rotatable bonds is 7. The topological polar surface area (TPSA) is 61.8 Å². The van der Waals surface area contributed by atoms with Gasteiger partial charge in [0, 0.05) is 19.0 Å². The van der Waals surface area contributed by atoms with Gasteiger partial charge in [-0.05, 0) is 73.5 Å². The number of carbonyl (C=O) groups excluding carboxylic acids is 1. The lowest BCUT2D eigenvalue weighted by Gasteiger charge is -2.32. The van der Waals surface area contributed by atoms with Crippen LogP contribution in [0.1, 0.15) is 30.4 Å². The summed E-state index contributed by atoms with van der Waals surface area (Å²) in [5.74, 6) is 1.58. The maximum atomic E-state index is 12.6. The van der Waals surface area contributed by atoms with Crippen molar-refractivity contribution < 1.29 is 14.6 Å². The normalized spacial score (nSPS) is 20.4. The summed E-state index contributed by atoms with van der Waals surface area (Å²) in [5, 5.41) is 12.8. The van der Waals surface area contributed by atoms with Gasteiger partial charge in [0.25, 0.3) is 0 Å². The lowest BCUT2D eigenvalue weighted by molar-refractivity contribution is -0.123. The second kappa shape index (κ2) is 8.46. The minimum Gasteiger partial charge on any atom is -0.508 e. The summed E-state index contributed by atoms with van der Waals surface area (Å²) in [7, 11) is 1.68. The van der Waals surface area contributed by atoms with Crippen LogP contribution in [-0.4, -0.2) is 42.7 Å². The van der Waals surface area contributed by atoms with Gasteiger partial charge in [0.05, 0.1) is 7.11 Å². The summed E-state index contributed by atoms with van der Waals surface area (Å²) in [6.45, 7) is 3.54. The average Bonchev–Trinajstić information content (AvgIpc) is 3.44. The molecule has 2 aromatic carbocycles. The Kier molecular flexibility index (Phi) is 5.76. The van der Waals surface area contributed by atoms with Crippen LogP contribution in [0, 0.1) is 11.3 Å². The van der Waals surface area contributed by atoms with Crippen LogP contribution in [0.25, 0.3) is 0 Å². The van der Waals surface area contributed by atoms with Gasteiger partial charge in [-0.1, -0.05) is 30.3 Å². The second-order valence-electron chi connectivity index (χ2n) is 8.42. The fourth-order valence-corrected chi connectivity index (χ4v) is 4.69. The molecule has 29 heavy (non-hydrogen) atoms. The first-order valence-corrected chi connectivity index (χ1v) is 10.5. The Hall–Kier alpha value is -2.53. The number of methoxy groups -OCH3 is 1. The lowest BCUT2D eigenvalue weighted by atomic mass is 9.90. The zero-order chi connectivity index (χ0) is 20.3. The molecule has 2 aliphatic rings. The van der Waals surface area contributed by atoms with E-state index in [9.17, 15) is 9.90 Å². The van der Waals surface area contributed by atoms with Gasteiger partial charge in [-0.15, -0.1) is 0 Å². The first-order chi connectivity index (χ1) is 14.1. The summed E-state index contributed by atoms with van der Waals surface area (Å²) in [4.78, 5) is 15.1. The fourth-order valence-electron chi connectivity index (χ4n) is 4.69. The molecule has 1 aliphatic carbocycles. The number of piperidine rings is 1. The highest BCUT2D eigenvalue weighted by atomic mass is 16.5. The number of para-hydroxylation sites is 1. The summed E-state index contributed by atoms with van der Waals surface area (Å²) >= 11 is 0. The number of benzene rings is 2. The van der Waals surface area contributed by atoms with Crippen molar-refractivity contribution in [2.45, 2.75) is 32.2 Å². The molecular formula is C24H30N2O3. The molecule has 0 bridgehead atoms. The number of hydrogen-bond acceptors (Lipinski definition) is 4. The van der Waals surface area contributed by atoms with E-state index >= 15 is 0 Å². The highest BCUT2D eigenvalue weighted by Crippen LogP contribution is 2.59. The minimum absolute atomic E-state index is 0.170. The molecule has 2 fully saturated rings. The maximum absolute atomic E-state index is 12.6. The number of carbonyl (C=O) groups is 1. The van der Waals surface area contributed by atoms with Gasteiger partial charge in [-0.25, -0.2) is 0 Å². The molecule has 5 nitrogen and oxygen atoms in total. The Morgan fingerprint density at radius 1 is 1.21 bits per heavy atom. The second-order valence-corrected chi connectivity index (χ2v) is 8.42. The Balaban J connectivity index is 1.22. The van der Waals surface area contributed by atoms with Crippen molar-refractivity contribution in [3.05, 3.63) is 59.7 Å². The molecule has 0 aromatic heterocycles. The summed E-state index contributed by atoms with van der Waals surface area (Å²) in [6.07, 6.45) is 3.97. The molecule has 154 valence electrons. The molecule has 1 spiro atoms. The molecule has 4 rings (SSSR count). The molecule has 1 saturated carbocycles. The molecule has 1 amide bonds. The van der Waals surface area contributed by atoms with Gasteiger partial charge < -0.3 is 15.2 Å². The number of amides is 1. The van der Waals surface area contributed by atoms with Gasteiger partial charge in [-0.2, -0.15) is 0 Å². The van der Waals surface area contributed by atoms with Crippen molar-refractivity contribution in [1.82, 2.24) is 10.2 Å². The van der Waals surface area contributed by atoms with Crippen LogP contribution in [0.3, 0.4) is 0 Å². The first kappa shape index (κ1) is 19.8. The monoisotopic (exact) mass is 394 g/mol. The number of aromatic hydroxyl groups is 1. The number of nitrogens with zero attached hydrogens (tertiary/aromatic N) is 1. The predicted octanol–water partition coefficient (Wildman–Crippen LogP) is 3.36. The van der Waals surface area contributed by atoms with Crippen molar-refractivity contribution in [2.24, 2.45) is 11.3 Å². The molecule has 1 atom stereocenters. The zero-order valence-corrected chi connectivity index (χ0v) is 17.1. The largest absolute Gasteiger partial charge is 0.508 e. The van der Waals surface area contributed by atoms with Crippen molar-refractivity contribution >= 4 is 5.91 Å². The fraction of sp³-hybridized carbons (Fsp3) is 0.458. The summed E-state index contributed by atoms with van der Waals surface area (Å²) < 4.78 is 5.38. The number of ether oxygens (including phenoxy) is 1. The number of hydrogen-bond donors (Lipinski definition) is 2. The molecule has 1 unspecified atom stereocenters. The van der Waals surface area contributed by atoms with Crippen LogP contribution < -0.4 is 10.1 Å². The number of nitrogens with one attached hydrogen (secondary N) is 1. The van der Waals surface area contributed by atoms with Gasteiger partial charge in [0.2, 0.25) is 5.91 Å². The SMILES string of the molecule is COc1ccccc1CCNC(=O)C1CC12CCN(Cc1cccc(O)c1)CC2. The van der Waals surface area contributed by atoms with Crippen LogP contribution in [0.4, 0.5) is 0 Å². The van der Waals surface area contributed by atoms with E-state index in [2.05, 4.69) is 16.3 Å². The third-order valence-corrected chi connectivity index (χ3v) is 6.56. The van der Waals surface area contributed by atoms with Gasteiger partial charge in [0.1, 0.15) is 11.5 Å². The van der Waals surface area contributed by atoms with E-state index in [-0.39, 0.29) is 17.2 Å². The summed E-state index contributed by atoms with van der Waals surface area (Å²) in [5.41, 5.74) is 2.48. The van der Waals surface area contributed by atoms with Crippen molar-refractivity contribution in [1.29, 1.82) is 0 Å². The van der Waals surface area contributed by atoms with Crippen molar-refractivity contribution in [2.75, 3.05) is 26.7 Å². The molecule has 1 aliphatic heterocycles. The van der Waals surface area contributed by atoms with E-state index in [1.807, 2.05) is 36.4 Å². The van der Waals surface area contributed by atoms with E-state index in [4.69, 9.17) is 4.74 Å². The van der Waals surface area contributed by atoms with E-state index in [0.717, 1.165) is 62.2 Å². The smallest absolute Gasteiger partial charge is 0.223 e. The molecule has 1 heterocycles. The minimum atomic E-state index is 0.170. The van der Waals surface area contributed by atoms with Gasteiger partial charge >= 0.3 is 0 Å². The third kappa shape index (κ3) is 4.56. The predicted molar refractivity (Wildman–Crippen MR) is 113 cm³/mol. The standard InChI is InChI=1S/C24H30N2O3/c1-29-22-8-3-2-6-19(22)9-12-25-23(28)21-16-24(21)10-13-26(14-11-24)17-18-5-4-7-20(27)15-18/h2-8,15,21,27H,9-14,16-17H2,1H3,(H,25,28). The molecule has 2 N–H and O–H groups in total. The van der Waals surface area contributed by atoms with Crippen LogP contribution in [-0.2, 0) is 17.8 Å². The Labute approximate surface area is 172 Å². The molecule has 5 heteroatoms. The highest BCUT2D eigenvalue weighted by Gasteiger charge is 2.58. The van der Waals surface area contributed by atoms with Crippen molar-refractivity contribution in [3.63, 3.8) is 0 Å². The Morgan fingerprint density at radius 2 is 2.00 bits per heavy atom. The zero-order valence-electron chi connectivity index (χ0n) is 17.1. The highest BCUT2D eigenvalue weighted by molar-refractivity contribution is 5.82. The number of phenolic OH excluding ortho intramolecular Hbond substituents is 1. The quantitative estimate of drug-likeness (QED) is 0.756. The third-order valence-electron chi connectivity index (χ3n) is 6.56. The van der Waals surface area contributed by atoms with Crippen molar-refractivity contribution in [3.8, 4) is 11.5 Å².